The molecule has 0 aliphatic heterocycles. The molecule has 136 valence electrons. The van der Waals surface area contributed by atoms with Crippen molar-refractivity contribution in [3.8, 4) is 11.1 Å². The SMILES string of the molecule is COCC(CC(=O)O)NC(=O)OCC1c2ccccc2-c2ccccc21. The van der Waals surface area contributed by atoms with Crippen molar-refractivity contribution < 1.29 is 24.2 Å². The van der Waals surface area contributed by atoms with E-state index in [2.05, 4.69) is 17.4 Å². The van der Waals surface area contributed by atoms with Crippen LogP contribution in [0.1, 0.15) is 23.5 Å². The number of fused-ring (bicyclic) bond motifs is 3. The smallest absolute Gasteiger partial charge is 0.407 e. The third-order valence-electron chi connectivity index (χ3n) is 4.45. The molecule has 0 fully saturated rings. The summed E-state index contributed by atoms with van der Waals surface area (Å²) in [5.74, 6) is -1.04. The first-order valence-corrected chi connectivity index (χ1v) is 8.42. The van der Waals surface area contributed by atoms with Crippen molar-refractivity contribution in [3.05, 3.63) is 59.7 Å². The van der Waals surface area contributed by atoms with Crippen molar-refractivity contribution >= 4 is 12.1 Å². The number of hydrogen-bond acceptors (Lipinski definition) is 4. The predicted octanol–water partition coefficient (Wildman–Crippen LogP) is 3.01. The summed E-state index contributed by atoms with van der Waals surface area (Å²) in [6.07, 6.45) is -0.868. The minimum Gasteiger partial charge on any atom is -0.481 e. The van der Waals surface area contributed by atoms with Crippen molar-refractivity contribution in [2.24, 2.45) is 0 Å². The van der Waals surface area contributed by atoms with Crippen LogP contribution in [0.25, 0.3) is 11.1 Å². The Bertz CT molecular complexity index is 759. The average molecular weight is 355 g/mol. The summed E-state index contributed by atoms with van der Waals surface area (Å²) in [7, 11) is 1.45. The molecule has 0 aromatic heterocycles. The maximum absolute atomic E-state index is 12.1. The molecular weight excluding hydrogens is 334 g/mol. The molecule has 0 saturated carbocycles. The van der Waals surface area contributed by atoms with Gasteiger partial charge in [0.25, 0.3) is 0 Å². The topological polar surface area (TPSA) is 84.9 Å². The van der Waals surface area contributed by atoms with Crippen molar-refractivity contribution in [3.63, 3.8) is 0 Å². The van der Waals surface area contributed by atoms with E-state index >= 15 is 0 Å². The van der Waals surface area contributed by atoms with Crippen molar-refractivity contribution in [1.29, 1.82) is 0 Å². The lowest BCUT2D eigenvalue weighted by Gasteiger charge is -2.18. The van der Waals surface area contributed by atoms with Gasteiger partial charge in [-0.15, -0.1) is 0 Å². The molecule has 0 heterocycles. The number of carboxylic acids is 1. The second-order valence-electron chi connectivity index (χ2n) is 6.22. The summed E-state index contributed by atoms with van der Waals surface area (Å²) < 4.78 is 10.3. The first-order chi connectivity index (χ1) is 12.6. The van der Waals surface area contributed by atoms with E-state index in [1.807, 2.05) is 36.4 Å². The first-order valence-electron chi connectivity index (χ1n) is 8.42. The Morgan fingerprint density at radius 1 is 1.08 bits per heavy atom. The molecule has 3 rings (SSSR count). The van der Waals surface area contributed by atoms with Gasteiger partial charge in [-0.05, 0) is 22.3 Å². The monoisotopic (exact) mass is 355 g/mol. The number of hydrogen-bond donors (Lipinski definition) is 2. The standard InChI is InChI=1S/C20H21NO5/c1-25-11-13(10-19(22)23)21-20(24)26-12-18-16-8-4-2-6-14(16)15-7-3-5-9-17(15)18/h2-9,13,18H,10-12H2,1H3,(H,21,24)(H,22,23). The van der Waals surface area contributed by atoms with Gasteiger partial charge in [0.1, 0.15) is 6.61 Å². The number of methoxy groups -OCH3 is 1. The van der Waals surface area contributed by atoms with Crippen LogP contribution in [0.2, 0.25) is 0 Å². The van der Waals surface area contributed by atoms with E-state index in [9.17, 15) is 9.59 Å². The molecule has 1 atom stereocenters. The molecule has 1 amide bonds. The minimum absolute atomic E-state index is 0.0338. The Morgan fingerprint density at radius 2 is 1.65 bits per heavy atom. The van der Waals surface area contributed by atoms with Crippen LogP contribution in [0, 0.1) is 0 Å². The third kappa shape index (κ3) is 3.86. The molecule has 6 nitrogen and oxygen atoms in total. The molecule has 0 radical (unpaired) electrons. The molecule has 1 aliphatic carbocycles. The quantitative estimate of drug-likeness (QED) is 0.797. The van der Waals surface area contributed by atoms with Gasteiger partial charge in [0.05, 0.1) is 19.1 Å². The van der Waals surface area contributed by atoms with Gasteiger partial charge in [0, 0.05) is 13.0 Å². The molecule has 2 aromatic carbocycles. The van der Waals surface area contributed by atoms with Gasteiger partial charge < -0.3 is 19.9 Å². The van der Waals surface area contributed by atoms with Gasteiger partial charge in [-0.25, -0.2) is 4.79 Å². The summed E-state index contributed by atoms with van der Waals surface area (Å²) >= 11 is 0. The Morgan fingerprint density at radius 3 is 2.19 bits per heavy atom. The van der Waals surface area contributed by atoms with E-state index < -0.39 is 18.1 Å². The fourth-order valence-corrected chi connectivity index (χ4v) is 3.37. The first kappa shape index (κ1) is 17.9. The molecule has 26 heavy (non-hydrogen) atoms. The van der Waals surface area contributed by atoms with Crippen LogP contribution in [0.4, 0.5) is 4.79 Å². The molecule has 0 bridgehead atoms. The Hall–Kier alpha value is -2.86. The number of amides is 1. The van der Waals surface area contributed by atoms with Gasteiger partial charge in [0.15, 0.2) is 0 Å². The van der Waals surface area contributed by atoms with E-state index in [1.54, 1.807) is 0 Å². The number of carboxylic acid groups (broad SMARTS) is 1. The second kappa shape index (κ2) is 8.01. The lowest BCUT2D eigenvalue weighted by Crippen LogP contribution is -2.40. The van der Waals surface area contributed by atoms with E-state index in [1.165, 1.54) is 7.11 Å². The van der Waals surface area contributed by atoms with Gasteiger partial charge in [-0.2, -0.15) is 0 Å². The summed E-state index contributed by atoms with van der Waals surface area (Å²) in [5.41, 5.74) is 4.56. The zero-order chi connectivity index (χ0) is 18.5. The summed E-state index contributed by atoms with van der Waals surface area (Å²) in [4.78, 5) is 23.0. The number of benzene rings is 2. The maximum atomic E-state index is 12.1. The molecule has 0 saturated heterocycles. The van der Waals surface area contributed by atoms with Crippen LogP contribution in [0.5, 0.6) is 0 Å². The molecule has 6 heteroatoms. The number of rotatable bonds is 7. The number of carbonyl (C=O) groups excluding carboxylic acids is 1. The highest BCUT2D eigenvalue weighted by atomic mass is 16.5. The van der Waals surface area contributed by atoms with Crippen molar-refractivity contribution in [2.75, 3.05) is 20.3 Å². The van der Waals surface area contributed by atoms with E-state index in [0.717, 1.165) is 22.3 Å². The number of nitrogens with one attached hydrogen (secondary N) is 1. The number of alkyl carbamates (subject to hydrolysis) is 1. The predicted molar refractivity (Wildman–Crippen MR) is 96.1 cm³/mol. The van der Waals surface area contributed by atoms with Crippen LogP contribution < -0.4 is 5.32 Å². The highest BCUT2D eigenvalue weighted by molar-refractivity contribution is 5.79. The Balaban J connectivity index is 1.68. The molecule has 1 aliphatic rings. The lowest BCUT2D eigenvalue weighted by molar-refractivity contribution is -0.137. The number of aliphatic carboxylic acids is 1. The van der Waals surface area contributed by atoms with Gasteiger partial charge >= 0.3 is 12.1 Å². The average Bonchev–Trinajstić information content (AvgIpc) is 2.94. The fraction of sp³-hybridized carbons (Fsp3) is 0.300. The van der Waals surface area contributed by atoms with Gasteiger partial charge in [-0.1, -0.05) is 48.5 Å². The largest absolute Gasteiger partial charge is 0.481 e. The number of carbonyl (C=O) groups is 2. The Kier molecular flexibility index (Phi) is 5.53. The van der Waals surface area contributed by atoms with Gasteiger partial charge in [0.2, 0.25) is 0 Å². The van der Waals surface area contributed by atoms with Crippen molar-refractivity contribution in [1.82, 2.24) is 5.32 Å². The molecule has 2 aromatic rings. The minimum atomic E-state index is -1.01. The molecule has 1 unspecified atom stereocenters. The summed E-state index contributed by atoms with van der Waals surface area (Å²) in [6, 6.07) is 15.5. The van der Waals surface area contributed by atoms with E-state index in [4.69, 9.17) is 14.6 Å². The van der Waals surface area contributed by atoms with Crippen LogP contribution in [0.15, 0.2) is 48.5 Å². The highest BCUT2D eigenvalue weighted by Crippen LogP contribution is 2.44. The van der Waals surface area contributed by atoms with Crippen LogP contribution in [-0.4, -0.2) is 43.5 Å². The van der Waals surface area contributed by atoms with Crippen LogP contribution in [-0.2, 0) is 14.3 Å². The second-order valence-corrected chi connectivity index (χ2v) is 6.22. The fourth-order valence-electron chi connectivity index (χ4n) is 3.37. The maximum Gasteiger partial charge on any atom is 0.407 e. The van der Waals surface area contributed by atoms with Crippen molar-refractivity contribution in [2.45, 2.75) is 18.4 Å². The molecule has 0 spiro atoms. The lowest BCUT2D eigenvalue weighted by atomic mass is 9.98. The zero-order valence-electron chi connectivity index (χ0n) is 14.5. The summed E-state index contributed by atoms with van der Waals surface area (Å²) in [6.45, 7) is 0.295. The molecular formula is C20H21NO5. The summed E-state index contributed by atoms with van der Waals surface area (Å²) in [5, 5.41) is 11.5. The normalized spacial score (nSPS) is 13.6. The Labute approximate surface area is 151 Å². The van der Waals surface area contributed by atoms with E-state index in [-0.39, 0.29) is 25.6 Å². The van der Waals surface area contributed by atoms with Crippen LogP contribution in [0.3, 0.4) is 0 Å². The van der Waals surface area contributed by atoms with E-state index in [0.29, 0.717) is 0 Å². The highest BCUT2D eigenvalue weighted by Gasteiger charge is 2.29. The van der Waals surface area contributed by atoms with Crippen LogP contribution >= 0.6 is 0 Å². The zero-order valence-corrected chi connectivity index (χ0v) is 14.5. The van der Waals surface area contributed by atoms with Gasteiger partial charge in [-0.3, -0.25) is 4.79 Å². The number of ether oxygens (including phenoxy) is 2. The molecule has 2 N–H and O–H groups in total. The third-order valence-corrected chi connectivity index (χ3v) is 4.45.